The molecule has 102 valence electrons. The summed E-state index contributed by atoms with van der Waals surface area (Å²) in [5.41, 5.74) is -1.20. The van der Waals surface area contributed by atoms with Crippen molar-refractivity contribution in [3.63, 3.8) is 0 Å². The molecule has 1 aliphatic rings. The van der Waals surface area contributed by atoms with Crippen LogP contribution in [0.3, 0.4) is 0 Å². The third-order valence-corrected chi connectivity index (χ3v) is 3.12. The molecule has 0 unspecified atom stereocenters. The number of aliphatic carboxylic acids is 1. The summed E-state index contributed by atoms with van der Waals surface area (Å²) in [6.45, 7) is 7.00. The summed E-state index contributed by atoms with van der Waals surface area (Å²) in [7, 11) is 0. The molecule has 0 spiro atoms. The van der Waals surface area contributed by atoms with Gasteiger partial charge in [-0.25, -0.2) is 9.59 Å². The Labute approximate surface area is 107 Å². The Bertz CT molecular complexity index is 324. The molecule has 1 saturated heterocycles. The quantitative estimate of drug-likeness (QED) is 0.714. The van der Waals surface area contributed by atoms with Gasteiger partial charge in [0.15, 0.2) is 0 Å². The van der Waals surface area contributed by atoms with Crippen molar-refractivity contribution in [1.29, 1.82) is 0 Å². The van der Waals surface area contributed by atoms with Crippen molar-refractivity contribution in [3.05, 3.63) is 12.7 Å². The van der Waals surface area contributed by atoms with Gasteiger partial charge in [-0.2, -0.15) is 0 Å². The predicted molar refractivity (Wildman–Crippen MR) is 66.4 cm³/mol. The van der Waals surface area contributed by atoms with Crippen LogP contribution in [0.15, 0.2) is 12.7 Å². The third-order valence-electron chi connectivity index (χ3n) is 3.12. The van der Waals surface area contributed by atoms with Gasteiger partial charge in [0.1, 0.15) is 5.54 Å². The van der Waals surface area contributed by atoms with Gasteiger partial charge >= 0.3 is 12.0 Å². The molecule has 0 saturated carbocycles. The van der Waals surface area contributed by atoms with E-state index in [4.69, 9.17) is 4.74 Å². The van der Waals surface area contributed by atoms with Crippen LogP contribution in [0.2, 0.25) is 0 Å². The molecule has 6 nitrogen and oxygen atoms in total. The molecule has 1 fully saturated rings. The number of nitrogens with zero attached hydrogens (tertiary/aromatic N) is 1. The highest BCUT2D eigenvalue weighted by molar-refractivity contribution is 5.86. The monoisotopic (exact) mass is 256 g/mol. The fourth-order valence-electron chi connectivity index (χ4n) is 1.91. The van der Waals surface area contributed by atoms with Crippen LogP contribution in [0.5, 0.6) is 0 Å². The molecule has 0 bridgehead atoms. The zero-order chi connectivity index (χ0) is 13.6. The lowest BCUT2D eigenvalue weighted by Gasteiger charge is -2.35. The lowest BCUT2D eigenvalue weighted by molar-refractivity contribution is -0.148. The van der Waals surface area contributed by atoms with Crippen LogP contribution in [0.1, 0.15) is 19.8 Å². The fraction of sp³-hybridized carbons (Fsp3) is 0.667. The molecule has 0 radical (unpaired) electrons. The Morgan fingerprint density at radius 3 is 2.56 bits per heavy atom. The van der Waals surface area contributed by atoms with E-state index >= 15 is 0 Å². The Hall–Kier alpha value is -1.56. The number of likely N-dealkylation sites (N-methyl/N-ethyl adjacent to an activating group) is 1. The fourth-order valence-corrected chi connectivity index (χ4v) is 1.91. The summed E-state index contributed by atoms with van der Waals surface area (Å²) >= 11 is 0. The molecular formula is C12H20N2O4. The molecule has 0 aromatic carbocycles. The first kappa shape index (κ1) is 14.5. The standard InChI is InChI=1S/C12H20N2O4/c1-3-7-14(4-2)11(17)13-12(10(15)16)5-8-18-9-6-12/h3H,1,4-9H2,2H3,(H,13,17)(H,15,16). The summed E-state index contributed by atoms with van der Waals surface area (Å²) < 4.78 is 5.15. The third kappa shape index (κ3) is 3.22. The van der Waals surface area contributed by atoms with Crippen molar-refractivity contribution in [2.45, 2.75) is 25.3 Å². The van der Waals surface area contributed by atoms with Crippen LogP contribution in [0, 0.1) is 0 Å². The molecule has 0 atom stereocenters. The van der Waals surface area contributed by atoms with Gasteiger partial charge in [-0.15, -0.1) is 6.58 Å². The number of hydrogen-bond donors (Lipinski definition) is 2. The van der Waals surface area contributed by atoms with Gasteiger partial charge in [-0.05, 0) is 6.92 Å². The molecule has 1 aliphatic heterocycles. The van der Waals surface area contributed by atoms with Gasteiger partial charge in [0.05, 0.1) is 0 Å². The molecule has 1 heterocycles. The van der Waals surface area contributed by atoms with Crippen molar-refractivity contribution in [2.24, 2.45) is 0 Å². The lowest BCUT2D eigenvalue weighted by atomic mass is 9.90. The number of carbonyl (C=O) groups is 2. The summed E-state index contributed by atoms with van der Waals surface area (Å²) in [5, 5.41) is 11.9. The van der Waals surface area contributed by atoms with E-state index in [-0.39, 0.29) is 6.03 Å². The average molecular weight is 256 g/mol. The van der Waals surface area contributed by atoms with Gasteiger partial charge < -0.3 is 20.1 Å². The average Bonchev–Trinajstić information content (AvgIpc) is 2.36. The summed E-state index contributed by atoms with van der Waals surface area (Å²) in [6, 6.07) is -0.373. The van der Waals surface area contributed by atoms with Crippen LogP contribution in [-0.2, 0) is 9.53 Å². The van der Waals surface area contributed by atoms with Crippen LogP contribution in [0.25, 0.3) is 0 Å². The number of rotatable bonds is 5. The zero-order valence-corrected chi connectivity index (χ0v) is 10.6. The van der Waals surface area contributed by atoms with Crippen LogP contribution in [-0.4, -0.2) is 53.8 Å². The first-order valence-corrected chi connectivity index (χ1v) is 6.05. The Morgan fingerprint density at radius 1 is 1.50 bits per heavy atom. The van der Waals surface area contributed by atoms with Crippen molar-refractivity contribution in [1.82, 2.24) is 10.2 Å². The van der Waals surface area contributed by atoms with E-state index in [0.29, 0.717) is 39.1 Å². The second kappa shape index (κ2) is 6.39. The predicted octanol–water partition coefficient (Wildman–Crippen LogP) is 0.838. The molecule has 0 aromatic rings. The molecule has 1 rings (SSSR count). The largest absolute Gasteiger partial charge is 0.480 e. The minimum absolute atomic E-state index is 0.291. The maximum atomic E-state index is 12.0. The highest BCUT2D eigenvalue weighted by atomic mass is 16.5. The number of carbonyl (C=O) groups excluding carboxylic acids is 1. The maximum absolute atomic E-state index is 12.0. The maximum Gasteiger partial charge on any atom is 0.329 e. The van der Waals surface area contributed by atoms with Gasteiger partial charge in [-0.1, -0.05) is 6.08 Å². The topological polar surface area (TPSA) is 78.9 Å². The molecule has 0 aliphatic carbocycles. The van der Waals surface area contributed by atoms with E-state index in [1.165, 1.54) is 4.90 Å². The number of ether oxygens (including phenoxy) is 1. The normalized spacial score (nSPS) is 17.8. The van der Waals surface area contributed by atoms with Crippen LogP contribution in [0.4, 0.5) is 4.79 Å². The number of nitrogens with one attached hydrogen (secondary N) is 1. The Morgan fingerprint density at radius 2 is 2.11 bits per heavy atom. The molecule has 2 N–H and O–H groups in total. The first-order valence-electron chi connectivity index (χ1n) is 6.05. The minimum Gasteiger partial charge on any atom is -0.480 e. The highest BCUT2D eigenvalue weighted by Crippen LogP contribution is 2.21. The second-order valence-corrected chi connectivity index (χ2v) is 4.26. The Kier molecular flexibility index (Phi) is 5.15. The number of carboxylic acids is 1. The molecule has 0 aromatic heterocycles. The second-order valence-electron chi connectivity index (χ2n) is 4.26. The van der Waals surface area contributed by atoms with E-state index in [0.717, 1.165) is 0 Å². The molecular weight excluding hydrogens is 236 g/mol. The van der Waals surface area contributed by atoms with Crippen molar-refractivity contribution < 1.29 is 19.4 Å². The van der Waals surface area contributed by atoms with Gasteiger partial charge in [0.2, 0.25) is 0 Å². The Balaban J connectivity index is 2.74. The first-order chi connectivity index (χ1) is 8.55. The number of hydrogen-bond acceptors (Lipinski definition) is 3. The number of urea groups is 1. The van der Waals surface area contributed by atoms with E-state index < -0.39 is 11.5 Å². The SMILES string of the molecule is C=CCN(CC)C(=O)NC1(C(=O)O)CCOCC1. The van der Waals surface area contributed by atoms with Crippen LogP contribution < -0.4 is 5.32 Å². The minimum atomic E-state index is -1.20. The molecule has 18 heavy (non-hydrogen) atoms. The zero-order valence-electron chi connectivity index (χ0n) is 10.6. The lowest BCUT2D eigenvalue weighted by Crippen LogP contribution is -2.60. The van der Waals surface area contributed by atoms with E-state index in [1.807, 2.05) is 6.92 Å². The number of amides is 2. The van der Waals surface area contributed by atoms with Gasteiger partial charge in [0, 0.05) is 39.1 Å². The van der Waals surface area contributed by atoms with Crippen LogP contribution >= 0.6 is 0 Å². The number of carboxylic acid groups (broad SMARTS) is 1. The van der Waals surface area contributed by atoms with E-state index in [1.54, 1.807) is 6.08 Å². The molecule has 6 heteroatoms. The molecule has 2 amide bonds. The smallest absolute Gasteiger partial charge is 0.329 e. The van der Waals surface area contributed by atoms with Crippen molar-refractivity contribution in [3.8, 4) is 0 Å². The van der Waals surface area contributed by atoms with E-state index in [9.17, 15) is 14.7 Å². The van der Waals surface area contributed by atoms with E-state index in [2.05, 4.69) is 11.9 Å². The summed E-state index contributed by atoms with van der Waals surface area (Å²) in [4.78, 5) is 24.9. The van der Waals surface area contributed by atoms with Crippen molar-refractivity contribution >= 4 is 12.0 Å². The van der Waals surface area contributed by atoms with Gasteiger partial charge in [-0.3, -0.25) is 0 Å². The highest BCUT2D eigenvalue weighted by Gasteiger charge is 2.42. The van der Waals surface area contributed by atoms with Gasteiger partial charge in [0.25, 0.3) is 0 Å². The van der Waals surface area contributed by atoms with Crippen molar-refractivity contribution in [2.75, 3.05) is 26.3 Å². The summed E-state index contributed by atoms with van der Waals surface area (Å²) in [5.74, 6) is -1.01. The summed E-state index contributed by atoms with van der Waals surface area (Å²) in [6.07, 6.45) is 2.19.